The fraction of sp³-hybridized carbons (Fsp3) is 0.818. The lowest BCUT2D eigenvalue weighted by atomic mass is 9.99. The second kappa shape index (κ2) is 3.96. The van der Waals surface area contributed by atoms with Crippen LogP contribution in [0.2, 0.25) is 0 Å². The van der Waals surface area contributed by atoms with Gasteiger partial charge in [-0.3, -0.25) is 4.79 Å². The second-order valence-electron chi connectivity index (χ2n) is 5.10. The number of nitrogens with one attached hydrogen (secondary N) is 1. The van der Waals surface area contributed by atoms with E-state index in [0.717, 1.165) is 6.42 Å². The summed E-state index contributed by atoms with van der Waals surface area (Å²) in [4.78, 5) is 24.3. The lowest BCUT2D eigenvalue weighted by molar-refractivity contribution is -0.142. The van der Waals surface area contributed by atoms with E-state index in [1.165, 1.54) is 0 Å². The minimum absolute atomic E-state index is 0.0416. The first-order valence-electron chi connectivity index (χ1n) is 5.77. The number of carboxylic acid groups (broad SMARTS) is 1. The van der Waals surface area contributed by atoms with Crippen LogP contribution in [0, 0.1) is 17.8 Å². The summed E-state index contributed by atoms with van der Waals surface area (Å²) in [5, 5.41) is 11.9. The van der Waals surface area contributed by atoms with Crippen molar-refractivity contribution in [2.75, 3.05) is 13.1 Å². The van der Waals surface area contributed by atoms with E-state index in [1.807, 2.05) is 6.92 Å². The quantitative estimate of drug-likeness (QED) is 0.730. The highest BCUT2D eigenvalue weighted by molar-refractivity contribution is 5.78. The maximum atomic E-state index is 11.8. The van der Waals surface area contributed by atoms with Gasteiger partial charge in [-0.05, 0) is 18.3 Å². The summed E-state index contributed by atoms with van der Waals surface area (Å²) in [5.41, 5.74) is 0. The Bertz CT molecular complexity index is 318. The van der Waals surface area contributed by atoms with Gasteiger partial charge < -0.3 is 15.3 Å². The monoisotopic (exact) mass is 226 g/mol. The lowest BCUT2D eigenvalue weighted by Crippen LogP contribution is -2.40. The molecule has 1 aliphatic heterocycles. The number of likely N-dealkylation sites (tertiary alicyclic amines) is 1. The molecule has 4 atom stereocenters. The van der Waals surface area contributed by atoms with Crippen molar-refractivity contribution >= 4 is 12.0 Å². The van der Waals surface area contributed by atoms with E-state index in [-0.39, 0.29) is 11.9 Å². The second-order valence-corrected chi connectivity index (χ2v) is 5.10. The number of hydrogen-bond donors (Lipinski definition) is 2. The molecule has 2 N–H and O–H groups in total. The van der Waals surface area contributed by atoms with Crippen molar-refractivity contribution in [3.8, 4) is 0 Å². The molecule has 2 rings (SSSR count). The van der Waals surface area contributed by atoms with Crippen LogP contribution < -0.4 is 5.32 Å². The summed E-state index contributed by atoms with van der Waals surface area (Å²) >= 11 is 0. The third-order valence-electron chi connectivity index (χ3n) is 3.64. The van der Waals surface area contributed by atoms with Gasteiger partial charge >= 0.3 is 12.0 Å². The minimum Gasteiger partial charge on any atom is -0.481 e. The van der Waals surface area contributed by atoms with Gasteiger partial charge in [-0.25, -0.2) is 4.79 Å². The van der Waals surface area contributed by atoms with Crippen molar-refractivity contribution in [1.29, 1.82) is 0 Å². The highest BCUT2D eigenvalue weighted by Crippen LogP contribution is 2.30. The standard InChI is InChI=1S/C11H18N2O3/c1-6-3-9(6)12-11(16)13-4-7(2)8(5-13)10(14)15/h6-9H,3-5H2,1-2H3,(H,12,16)(H,14,15)/t6?,7-,8-,9?/m1/s1. The first kappa shape index (κ1) is 11.2. The number of hydrogen-bond acceptors (Lipinski definition) is 2. The Hall–Kier alpha value is -1.26. The van der Waals surface area contributed by atoms with E-state index < -0.39 is 11.9 Å². The van der Waals surface area contributed by atoms with Crippen LogP contribution in [0.4, 0.5) is 4.79 Å². The Kier molecular flexibility index (Phi) is 2.78. The zero-order valence-electron chi connectivity index (χ0n) is 9.64. The molecular weight excluding hydrogens is 208 g/mol. The first-order chi connectivity index (χ1) is 7.49. The summed E-state index contributed by atoms with van der Waals surface area (Å²) in [6.07, 6.45) is 1.04. The van der Waals surface area contributed by atoms with Gasteiger partial charge in [-0.2, -0.15) is 0 Å². The van der Waals surface area contributed by atoms with E-state index in [0.29, 0.717) is 25.0 Å². The van der Waals surface area contributed by atoms with E-state index >= 15 is 0 Å². The van der Waals surface area contributed by atoms with Crippen molar-refractivity contribution in [2.24, 2.45) is 17.8 Å². The molecule has 16 heavy (non-hydrogen) atoms. The molecule has 2 amide bonds. The van der Waals surface area contributed by atoms with Crippen LogP contribution in [-0.4, -0.2) is 41.1 Å². The van der Waals surface area contributed by atoms with Gasteiger partial charge in [0, 0.05) is 19.1 Å². The molecule has 1 aliphatic carbocycles. The highest BCUT2D eigenvalue weighted by Gasteiger charge is 2.40. The summed E-state index contributed by atoms with van der Waals surface area (Å²) in [6, 6.07) is 0.191. The maximum Gasteiger partial charge on any atom is 0.317 e. The van der Waals surface area contributed by atoms with E-state index in [4.69, 9.17) is 5.11 Å². The van der Waals surface area contributed by atoms with Crippen LogP contribution in [0.5, 0.6) is 0 Å². The minimum atomic E-state index is -0.803. The van der Waals surface area contributed by atoms with Crippen molar-refractivity contribution in [1.82, 2.24) is 10.2 Å². The molecule has 5 heteroatoms. The smallest absolute Gasteiger partial charge is 0.317 e. The Balaban J connectivity index is 1.87. The molecule has 0 aromatic heterocycles. The van der Waals surface area contributed by atoms with Gasteiger partial charge in [0.25, 0.3) is 0 Å². The van der Waals surface area contributed by atoms with Gasteiger partial charge in [0.1, 0.15) is 0 Å². The molecule has 0 aromatic carbocycles. The molecular formula is C11H18N2O3. The average molecular weight is 226 g/mol. The summed E-state index contributed by atoms with van der Waals surface area (Å²) < 4.78 is 0. The molecule has 2 fully saturated rings. The molecule has 0 aromatic rings. The number of amides is 2. The van der Waals surface area contributed by atoms with Crippen LogP contribution >= 0.6 is 0 Å². The van der Waals surface area contributed by atoms with Crippen LogP contribution in [0.25, 0.3) is 0 Å². The van der Waals surface area contributed by atoms with Crippen LogP contribution in [-0.2, 0) is 4.79 Å². The van der Waals surface area contributed by atoms with Crippen LogP contribution in [0.3, 0.4) is 0 Å². The lowest BCUT2D eigenvalue weighted by Gasteiger charge is -2.16. The topological polar surface area (TPSA) is 69.6 Å². The molecule has 1 saturated heterocycles. The van der Waals surface area contributed by atoms with Crippen molar-refractivity contribution in [3.05, 3.63) is 0 Å². The van der Waals surface area contributed by atoms with Crippen LogP contribution in [0.1, 0.15) is 20.3 Å². The molecule has 0 radical (unpaired) electrons. The van der Waals surface area contributed by atoms with Gasteiger partial charge in [-0.1, -0.05) is 13.8 Å². The Labute approximate surface area is 94.8 Å². The number of aliphatic carboxylic acids is 1. The van der Waals surface area contributed by atoms with Gasteiger partial charge in [-0.15, -0.1) is 0 Å². The third-order valence-corrected chi connectivity index (χ3v) is 3.64. The van der Waals surface area contributed by atoms with E-state index in [9.17, 15) is 9.59 Å². The molecule has 1 heterocycles. The Morgan fingerprint density at radius 3 is 2.31 bits per heavy atom. The van der Waals surface area contributed by atoms with Crippen molar-refractivity contribution in [2.45, 2.75) is 26.3 Å². The zero-order chi connectivity index (χ0) is 11.9. The molecule has 2 unspecified atom stereocenters. The average Bonchev–Trinajstić information content (AvgIpc) is 2.74. The number of urea groups is 1. The van der Waals surface area contributed by atoms with Crippen LogP contribution in [0.15, 0.2) is 0 Å². The SMILES string of the molecule is CC1CC1NC(=O)N1C[C@@H](C)[C@H](C(=O)O)C1. The van der Waals surface area contributed by atoms with Crippen molar-refractivity contribution < 1.29 is 14.7 Å². The summed E-state index contributed by atoms with van der Waals surface area (Å²) in [7, 11) is 0. The van der Waals surface area contributed by atoms with Gasteiger partial charge in [0.05, 0.1) is 5.92 Å². The molecule has 0 spiro atoms. The van der Waals surface area contributed by atoms with Gasteiger partial charge in [0.15, 0.2) is 0 Å². The van der Waals surface area contributed by atoms with Crippen molar-refractivity contribution in [3.63, 3.8) is 0 Å². The summed E-state index contributed by atoms with van der Waals surface area (Å²) in [6.45, 7) is 4.86. The predicted octanol–water partition coefficient (Wildman–Crippen LogP) is 0.757. The first-order valence-corrected chi connectivity index (χ1v) is 5.77. The molecule has 2 aliphatic rings. The zero-order valence-corrected chi connectivity index (χ0v) is 9.64. The number of carboxylic acids is 1. The number of carbonyl (C=O) groups is 2. The predicted molar refractivity (Wildman–Crippen MR) is 58.0 cm³/mol. The van der Waals surface area contributed by atoms with Gasteiger partial charge in [0.2, 0.25) is 0 Å². The summed E-state index contributed by atoms with van der Waals surface area (Å²) in [5.74, 6) is -0.607. The Morgan fingerprint density at radius 1 is 1.25 bits per heavy atom. The molecule has 5 nitrogen and oxygen atoms in total. The number of rotatable bonds is 2. The maximum absolute atomic E-state index is 11.8. The molecule has 0 bridgehead atoms. The number of nitrogens with zero attached hydrogens (tertiary/aromatic N) is 1. The van der Waals surface area contributed by atoms with E-state index in [2.05, 4.69) is 12.2 Å². The fourth-order valence-electron chi connectivity index (χ4n) is 2.23. The molecule has 1 saturated carbocycles. The molecule has 90 valence electrons. The Morgan fingerprint density at radius 2 is 1.88 bits per heavy atom. The number of carbonyl (C=O) groups excluding carboxylic acids is 1. The fourth-order valence-corrected chi connectivity index (χ4v) is 2.23. The normalized spacial score (nSPS) is 37.2. The largest absolute Gasteiger partial charge is 0.481 e. The van der Waals surface area contributed by atoms with E-state index in [1.54, 1.807) is 4.90 Å². The highest BCUT2D eigenvalue weighted by atomic mass is 16.4. The third kappa shape index (κ3) is 2.13.